The van der Waals surface area contributed by atoms with Crippen molar-refractivity contribution in [1.82, 2.24) is 19.8 Å². The van der Waals surface area contributed by atoms with Crippen molar-refractivity contribution in [2.45, 2.75) is 34.3 Å². The Morgan fingerprint density at radius 1 is 0.960 bits per heavy atom. The van der Waals surface area contributed by atoms with E-state index in [1.165, 1.54) is 20.5 Å². The number of ether oxygens (including phenoxy) is 1. The fourth-order valence-corrected chi connectivity index (χ4v) is 2.78. The number of rotatable bonds is 4. The molecule has 0 aliphatic rings. The van der Waals surface area contributed by atoms with Gasteiger partial charge in [-0.15, -0.1) is 0 Å². The van der Waals surface area contributed by atoms with Crippen LogP contribution in [-0.4, -0.2) is 19.8 Å². The topological polar surface area (TPSA) is 61.9 Å². The maximum Gasteiger partial charge on any atom is 0.368 e. The predicted octanol–water partition coefficient (Wildman–Crippen LogP) is 2.78. The smallest absolute Gasteiger partial charge is 0.368 e. The Morgan fingerprint density at radius 3 is 2.36 bits per heavy atom. The molecule has 0 atom stereocenters. The third-order valence-corrected chi connectivity index (χ3v) is 4.50. The minimum absolute atomic E-state index is 0.283. The van der Waals surface area contributed by atoms with Crippen molar-refractivity contribution in [1.29, 1.82) is 0 Å². The van der Waals surface area contributed by atoms with Crippen LogP contribution in [0.15, 0.2) is 35.1 Å². The number of nitrogens with zero attached hydrogens (tertiary/aromatic N) is 4. The first kappa shape index (κ1) is 17.0. The van der Waals surface area contributed by atoms with Crippen LogP contribution in [0.4, 0.5) is 0 Å². The van der Waals surface area contributed by atoms with Crippen molar-refractivity contribution < 1.29 is 4.74 Å². The van der Waals surface area contributed by atoms with E-state index in [1.54, 1.807) is 7.05 Å². The van der Waals surface area contributed by atoms with Gasteiger partial charge < -0.3 is 4.74 Å². The molecule has 6 nitrogen and oxygen atoms in total. The molecule has 0 unspecified atom stereocenters. The van der Waals surface area contributed by atoms with E-state index in [0.717, 1.165) is 22.4 Å². The van der Waals surface area contributed by atoms with Gasteiger partial charge in [-0.25, -0.2) is 4.79 Å². The van der Waals surface area contributed by atoms with Crippen LogP contribution < -0.4 is 10.4 Å². The zero-order valence-electron chi connectivity index (χ0n) is 15.2. The number of hydrogen-bond acceptors (Lipinski definition) is 4. The summed E-state index contributed by atoms with van der Waals surface area (Å²) in [4.78, 5) is 12.2. The van der Waals surface area contributed by atoms with Crippen LogP contribution in [0.25, 0.3) is 5.69 Å². The Kier molecular flexibility index (Phi) is 4.44. The van der Waals surface area contributed by atoms with Crippen molar-refractivity contribution >= 4 is 0 Å². The highest BCUT2D eigenvalue weighted by Crippen LogP contribution is 2.25. The molecule has 3 rings (SSSR count). The number of aryl methyl sites for hydroxylation is 5. The summed E-state index contributed by atoms with van der Waals surface area (Å²) in [6.07, 6.45) is 0. The normalized spacial score (nSPS) is 10.9. The van der Waals surface area contributed by atoms with Gasteiger partial charge in [0.1, 0.15) is 12.4 Å². The largest absolute Gasteiger partial charge is 0.489 e. The summed E-state index contributed by atoms with van der Waals surface area (Å²) in [7, 11) is 1.58. The van der Waals surface area contributed by atoms with E-state index in [9.17, 15) is 4.79 Å². The number of tetrazole rings is 1. The van der Waals surface area contributed by atoms with Gasteiger partial charge in [0, 0.05) is 12.6 Å². The Morgan fingerprint density at radius 2 is 1.68 bits per heavy atom. The van der Waals surface area contributed by atoms with Gasteiger partial charge >= 0.3 is 5.69 Å². The van der Waals surface area contributed by atoms with Crippen LogP contribution in [0.1, 0.15) is 27.8 Å². The zero-order valence-corrected chi connectivity index (χ0v) is 15.2. The van der Waals surface area contributed by atoms with Gasteiger partial charge in [0.05, 0.1) is 5.69 Å². The van der Waals surface area contributed by atoms with Crippen molar-refractivity contribution in [3.63, 3.8) is 0 Å². The summed E-state index contributed by atoms with van der Waals surface area (Å²) in [6.45, 7) is 8.55. The van der Waals surface area contributed by atoms with Gasteiger partial charge in [-0.05, 0) is 72.5 Å². The molecule has 0 N–H and O–H groups in total. The second-order valence-electron chi connectivity index (χ2n) is 6.36. The molecule has 6 heteroatoms. The lowest BCUT2D eigenvalue weighted by atomic mass is 10.1. The molecule has 0 radical (unpaired) electrons. The Labute approximate surface area is 146 Å². The van der Waals surface area contributed by atoms with Crippen LogP contribution in [-0.2, 0) is 13.7 Å². The van der Waals surface area contributed by atoms with Gasteiger partial charge in [-0.2, -0.15) is 9.36 Å². The first-order valence-electron chi connectivity index (χ1n) is 8.17. The van der Waals surface area contributed by atoms with Gasteiger partial charge in [0.15, 0.2) is 0 Å². The second-order valence-corrected chi connectivity index (χ2v) is 6.36. The van der Waals surface area contributed by atoms with Crippen molar-refractivity contribution in [2.75, 3.05) is 0 Å². The van der Waals surface area contributed by atoms with E-state index in [0.29, 0.717) is 12.3 Å². The highest BCUT2D eigenvalue weighted by molar-refractivity contribution is 5.45. The van der Waals surface area contributed by atoms with Crippen molar-refractivity contribution in [3.8, 4) is 11.4 Å². The summed E-state index contributed by atoms with van der Waals surface area (Å²) in [5.41, 5.74) is 5.89. The molecule has 0 saturated carbocycles. The fraction of sp³-hybridized carbons (Fsp3) is 0.316. The molecule has 0 fully saturated rings. The molecule has 1 aromatic heterocycles. The molecular weight excluding hydrogens is 316 g/mol. The minimum Gasteiger partial charge on any atom is -0.489 e. The molecule has 0 spiro atoms. The maximum absolute atomic E-state index is 12.2. The highest BCUT2D eigenvalue weighted by atomic mass is 16.5. The third-order valence-electron chi connectivity index (χ3n) is 4.50. The summed E-state index contributed by atoms with van der Waals surface area (Å²) < 4.78 is 8.59. The Balaban J connectivity index is 1.97. The first-order chi connectivity index (χ1) is 11.9. The van der Waals surface area contributed by atoms with Gasteiger partial charge in [-0.1, -0.05) is 18.2 Å². The van der Waals surface area contributed by atoms with E-state index >= 15 is 0 Å². The van der Waals surface area contributed by atoms with E-state index in [1.807, 2.05) is 32.0 Å². The average Bonchev–Trinajstić information content (AvgIpc) is 2.90. The molecule has 0 aliphatic carbocycles. The molecular formula is C19H22N4O2. The molecule has 3 aromatic rings. The SMILES string of the molecule is Cc1cc(C)c(OCc2c(C)cccc2-n2nnn(C)c2=O)cc1C. The maximum atomic E-state index is 12.2. The molecule has 130 valence electrons. The van der Waals surface area contributed by atoms with Crippen LogP contribution in [0.3, 0.4) is 0 Å². The summed E-state index contributed by atoms with van der Waals surface area (Å²) in [5.74, 6) is 0.851. The lowest BCUT2D eigenvalue weighted by Crippen LogP contribution is -2.23. The lowest BCUT2D eigenvalue weighted by molar-refractivity contribution is 0.302. The standard InChI is InChI=1S/C19H22N4O2/c1-12-7-6-8-17(23-19(24)22(5)20-21-23)16(12)11-25-18-10-14(3)13(2)9-15(18)4/h6-10H,11H2,1-5H3. The number of hydrogen-bond donors (Lipinski definition) is 0. The summed E-state index contributed by atoms with van der Waals surface area (Å²) in [6, 6.07) is 9.93. The fourth-order valence-electron chi connectivity index (χ4n) is 2.78. The van der Waals surface area contributed by atoms with Gasteiger partial charge in [-0.3, -0.25) is 0 Å². The van der Waals surface area contributed by atoms with Gasteiger partial charge in [0.25, 0.3) is 0 Å². The zero-order chi connectivity index (χ0) is 18.1. The van der Waals surface area contributed by atoms with E-state index in [-0.39, 0.29) is 5.69 Å². The van der Waals surface area contributed by atoms with Crippen LogP contribution >= 0.6 is 0 Å². The summed E-state index contributed by atoms with van der Waals surface area (Å²) >= 11 is 0. The van der Waals surface area contributed by atoms with E-state index in [4.69, 9.17) is 4.74 Å². The molecule has 0 saturated heterocycles. The van der Waals surface area contributed by atoms with E-state index in [2.05, 4.69) is 36.4 Å². The summed E-state index contributed by atoms with van der Waals surface area (Å²) in [5, 5.41) is 7.74. The molecule has 2 aromatic carbocycles. The predicted molar refractivity (Wildman–Crippen MR) is 96.3 cm³/mol. The lowest BCUT2D eigenvalue weighted by Gasteiger charge is -2.15. The average molecular weight is 338 g/mol. The number of aromatic nitrogens is 4. The Hall–Kier alpha value is -2.89. The third kappa shape index (κ3) is 3.20. The number of benzene rings is 2. The van der Waals surface area contributed by atoms with Crippen molar-refractivity contribution in [3.05, 3.63) is 68.6 Å². The quantitative estimate of drug-likeness (QED) is 0.734. The molecule has 25 heavy (non-hydrogen) atoms. The highest BCUT2D eigenvalue weighted by Gasteiger charge is 2.14. The Bertz CT molecular complexity index is 986. The van der Waals surface area contributed by atoms with Crippen molar-refractivity contribution in [2.24, 2.45) is 7.05 Å². The van der Waals surface area contributed by atoms with Crippen LogP contribution in [0.5, 0.6) is 5.75 Å². The van der Waals surface area contributed by atoms with E-state index < -0.39 is 0 Å². The molecule has 0 aliphatic heterocycles. The molecule has 1 heterocycles. The minimum atomic E-state index is -0.283. The first-order valence-corrected chi connectivity index (χ1v) is 8.17. The second kappa shape index (κ2) is 6.55. The van der Waals surface area contributed by atoms with Crippen LogP contribution in [0, 0.1) is 27.7 Å². The van der Waals surface area contributed by atoms with Crippen LogP contribution in [0.2, 0.25) is 0 Å². The monoisotopic (exact) mass is 338 g/mol. The van der Waals surface area contributed by atoms with Gasteiger partial charge in [0.2, 0.25) is 0 Å². The molecule has 0 amide bonds. The molecule has 0 bridgehead atoms.